The minimum Gasteiger partial charge on any atom is -0.397 e. The van der Waals surface area contributed by atoms with Gasteiger partial charge in [0.15, 0.2) is 5.78 Å². The Morgan fingerprint density at radius 1 is 1.32 bits per heavy atom. The summed E-state index contributed by atoms with van der Waals surface area (Å²) in [6.07, 6.45) is 6.88. The van der Waals surface area contributed by atoms with Crippen LogP contribution in [0.15, 0.2) is 0 Å². The summed E-state index contributed by atoms with van der Waals surface area (Å²) < 4.78 is 0. The van der Waals surface area contributed by atoms with Gasteiger partial charge in [-0.3, -0.25) is 4.79 Å². The highest BCUT2D eigenvalue weighted by atomic mass is 32.1. The van der Waals surface area contributed by atoms with Crippen molar-refractivity contribution in [3.63, 3.8) is 0 Å². The Kier molecular flexibility index (Phi) is 3.52. The van der Waals surface area contributed by atoms with E-state index in [1.54, 1.807) is 11.3 Å². The molecule has 2 heterocycles. The summed E-state index contributed by atoms with van der Waals surface area (Å²) in [6.45, 7) is 4.16. The lowest BCUT2D eigenvalue weighted by Gasteiger charge is -2.28. The summed E-state index contributed by atoms with van der Waals surface area (Å²) in [4.78, 5) is 15.3. The van der Waals surface area contributed by atoms with E-state index in [9.17, 15) is 4.79 Å². The lowest BCUT2D eigenvalue weighted by atomic mass is 10.1. The third-order valence-corrected chi connectivity index (χ3v) is 5.49. The molecular weight excluding hydrogens is 256 g/mol. The molecule has 1 aromatic rings. The van der Waals surface area contributed by atoms with Crippen molar-refractivity contribution in [2.45, 2.75) is 51.4 Å². The van der Waals surface area contributed by atoms with Crippen molar-refractivity contribution in [1.82, 2.24) is 0 Å². The van der Waals surface area contributed by atoms with Crippen molar-refractivity contribution < 1.29 is 4.79 Å². The van der Waals surface area contributed by atoms with Gasteiger partial charge < -0.3 is 10.6 Å². The molecule has 1 aliphatic carbocycles. The second kappa shape index (κ2) is 5.16. The molecule has 4 heteroatoms. The predicted octanol–water partition coefficient (Wildman–Crippen LogP) is 3.79. The average molecular weight is 278 g/mol. The van der Waals surface area contributed by atoms with Gasteiger partial charge in [0.25, 0.3) is 0 Å². The van der Waals surface area contributed by atoms with Crippen molar-refractivity contribution in [1.29, 1.82) is 0 Å². The van der Waals surface area contributed by atoms with Gasteiger partial charge in [-0.25, -0.2) is 0 Å². The number of ketones is 1. The Balaban J connectivity index is 1.99. The largest absolute Gasteiger partial charge is 0.397 e. The second-order valence-electron chi connectivity index (χ2n) is 5.66. The van der Waals surface area contributed by atoms with E-state index in [1.807, 2.05) is 6.92 Å². The summed E-state index contributed by atoms with van der Waals surface area (Å²) >= 11 is 1.65. The van der Waals surface area contributed by atoms with E-state index in [1.165, 1.54) is 42.7 Å². The van der Waals surface area contributed by atoms with Crippen LogP contribution in [0, 0.1) is 0 Å². The maximum Gasteiger partial charge on any atom is 0.174 e. The average Bonchev–Trinajstić information content (AvgIpc) is 3.22. The fourth-order valence-electron chi connectivity index (χ4n) is 2.91. The minimum absolute atomic E-state index is 0.202. The molecular formula is C15H22N2OS. The molecule has 0 amide bonds. The van der Waals surface area contributed by atoms with Crippen LogP contribution in [0.25, 0.3) is 0 Å². The smallest absolute Gasteiger partial charge is 0.174 e. The van der Waals surface area contributed by atoms with Crippen molar-refractivity contribution >= 4 is 27.8 Å². The highest BCUT2D eigenvalue weighted by Crippen LogP contribution is 2.52. The zero-order valence-electron chi connectivity index (χ0n) is 11.6. The Bertz CT molecular complexity index is 485. The van der Waals surface area contributed by atoms with E-state index >= 15 is 0 Å². The summed E-state index contributed by atoms with van der Waals surface area (Å²) in [5.74, 6) is 0.819. The van der Waals surface area contributed by atoms with Gasteiger partial charge in [-0.1, -0.05) is 6.92 Å². The zero-order valence-corrected chi connectivity index (χ0v) is 12.4. The quantitative estimate of drug-likeness (QED) is 0.852. The summed E-state index contributed by atoms with van der Waals surface area (Å²) in [7, 11) is 0. The van der Waals surface area contributed by atoms with Gasteiger partial charge in [-0.2, -0.15) is 0 Å². The van der Waals surface area contributed by atoms with Gasteiger partial charge in [0.1, 0.15) is 0 Å². The molecule has 3 nitrogen and oxygen atoms in total. The summed E-state index contributed by atoms with van der Waals surface area (Å²) in [5, 5.41) is 1.30. The molecule has 3 rings (SSSR count). The second-order valence-corrected chi connectivity index (χ2v) is 6.66. The normalized spacial score (nSPS) is 19.7. The molecule has 0 unspecified atom stereocenters. The molecule has 19 heavy (non-hydrogen) atoms. The molecule has 0 spiro atoms. The monoisotopic (exact) mass is 278 g/mol. The molecule has 104 valence electrons. The molecule has 1 saturated heterocycles. The van der Waals surface area contributed by atoms with Crippen LogP contribution >= 0.6 is 11.3 Å². The first-order valence-electron chi connectivity index (χ1n) is 7.42. The fraction of sp³-hybridized carbons (Fsp3) is 0.667. The van der Waals surface area contributed by atoms with Crippen molar-refractivity contribution in [2.75, 3.05) is 23.7 Å². The van der Waals surface area contributed by atoms with E-state index < -0.39 is 0 Å². The standard InChI is InChI=1S/C15H22N2OS/c1-2-11(18)14-13(16)12(10-6-7-10)15(19-14)17-8-4-3-5-9-17/h10H,2-9,16H2,1H3. The molecule has 2 N–H and O–H groups in total. The predicted molar refractivity (Wildman–Crippen MR) is 81.4 cm³/mol. The van der Waals surface area contributed by atoms with E-state index in [4.69, 9.17) is 5.73 Å². The third-order valence-electron chi connectivity index (χ3n) is 4.17. The third kappa shape index (κ3) is 2.38. The molecule has 0 aromatic carbocycles. The van der Waals surface area contributed by atoms with Gasteiger partial charge in [-0.15, -0.1) is 11.3 Å². The summed E-state index contributed by atoms with van der Waals surface area (Å²) in [5.41, 5.74) is 8.38. The van der Waals surface area contributed by atoms with Gasteiger partial charge in [-0.05, 0) is 38.0 Å². The van der Waals surface area contributed by atoms with E-state index in [2.05, 4.69) is 4.90 Å². The molecule has 0 bridgehead atoms. The van der Waals surface area contributed by atoms with E-state index in [-0.39, 0.29) is 5.78 Å². The lowest BCUT2D eigenvalue weighted by Crippen LogP contribution is -2.29. The number of nitrogens with two attached hydrogens (primary N) is 1. The van der Waals surface area contributed by atoms with Crippen LogP contribution in [-0.4, -0.2) is 18.9 Å². The number of nitrogen functional groups attached to an aromatic ring is 1. The first-order valence-corrected chi connectivity index (χ1v) is 8.24. The lowest BCUT2D eigenvalue weighted by molar-refractivity contribution is 0.0993. The van der Waals surface area contributed by atoms with Gasteiger partial charge in [0.2, 0.25) is 0 Å². The number of nitrogens with zero attached hydrogens (tertiary/aromatic N) is 1. The first-order chi connectivity index (χ1) is 9.22. The van der Waals surface area contributed by atoms with Crippen LogP contribution in [0.1, 0.15) is 66.6 Å². The van der Waals surface area contributed by atoms with Crippen LogP contribution in [0.2, 0.25) is 0 Å². The van der Waals surface area contributed by atoms with Crippen LogP contribution in [0.4, 0.5) is 10.7 Å². The van der Waals surface area contributed by atoms with Crippen LogP contribution < -0.4 is 10.6 Å². The number of hydrogen-bond donors (Lipinski definition) is 1. The Morgan fingerprint density at radius 3 is 2.58 bits per heavy atom. The van der Waals surface area contributed by atoms with Crippen LogP contribution in [0.3, 0.4) is 0 Å². The number of Topliss-reactive ketones (excluding diaryl/α,β-unsaturated/α-hetero) is 1. The molecule has 0 atom stereocenters. The topological polar surface area (TPSA) is 46.3 Å². The van der Waals surface area contributed by atoms with Crippen molar-refractivity contribution in [3.8, 4) is 0 Å². The maximum absolute atomic E-state index is 12.0. The van der Waals surface area contributed by atoms with E-state index in [0.717, 1.165) is 23.7 Å². The number of piperidine rings is 1. The van der Waals surface area contributed by atoms with Crippen LogP contribution in [-0.2, 0) is 0 Å². The highest BCUT2D eigenvalue weighted by molar-refractivity contribution is 7.19. The Labute approximate surface area is 118 Å². The fourth-order valence-corrected chi connectivity index (χ4v) is 4.28. The van der Waals surface area contributed by atoms with Crippen molar-refractivity contribution in [3.05, 3.63) is 10.4 Å². The number of rotatable bonds is 4. The minimum atomic E-state index is 0.202. The van der Waals surface area contributed by atoms with E-state index in [0.29, 0.717) is 12.3 Å². The number of carbonyl (C=O) groups is 1. The number of anilines is 2. The van der Waals surface area contributed by atoms with Gasteiger partial charge in [0.05, 0.1) is 15.6 Å². The number of hydrogen-bond acceptors (Lipinski definition) is 4. The molecule has 0 radical (unpaired) electrons. The first kappa shape index (κ1) is 13.0. The van der Waals surface area contributed by atoms with Gasteiger partial charge >= 0.3 is 0 Å². The zero-order chi connectivity index (χ0) is 13.4. The maximum atomic E-state index is 12.0. The summed E-state index contributed by atoms with van der Waals surface area (Å²) in [6, 6.07) is 0. The molecule has 1 aromatic heterocycles. The number of carbonyl (C=O) groups excluding carboxylic acids is 1. The SMILES string of the molecule is CCC(=O)c1sc(N2CCCCC2)c(C2CC2)c1N. The molecule has 1 saturated carbocycles. The van der Waals surface area contributed by atoms with Gasteiger partial charge in [0, 0.05) is 25.1 Å². The molecule has 1 aliphatic heterocycles. The number of thiophene rings is 1. The molecule has 2 aliphatic rings. The molecule has 2 fully saturated rings. The Hall–Kier alpha value is -1.03. The van der Waals surface area contributed by atoms with Crippen LogP contribution in [0.5, 0.6) is 0 Å². The highest BCUT2D eigenvalue weighted by Gasteiger charge is 2.34. The van der Waals surface area contributed by atoms with Crippen molar-refractivity contribution in [2.24, 2.45) is 0 Å². The Morgan fingerprint density at radius 2 is 2.00 bits per heavy atom.